The maximum absolute atomic E-state index is 14.2. The fraction of sp³-hybridized carbons (Fsp3) is 0.308. The standard InChI is InChI=1S/C26H25FN4O3S/c27-21-4-2-1-3-20(21)22-15-31-19(16-35-26(31)28-22)6-8-25(32)30-11-9-29(10-12-30)14-18-5-7-23-24(13-18)34-17-33-23/h1-5,7,13,15-16H,6,8-12,14,17H2. The molecule has 9 heteroatoms. The maximum atomic E-state index is 14.2. The molecule has 0 aliphatic carbocycles. The number of benzene rings is 2. The first-order valence-corrected chi connectivity index (χ1v) is 12.6. The van der Waals surface area contributed by atoms with Crippen molar-refractivity contribution in [2.45, 2.75) is 19.4 Å². The lowest BCUT2D eigenvalue weighted by Crippen LogP contribution is -2.48. The molecule has 0 unspecified atom stereocenters. The summed E-state index contributed by atoms with van der Waals surface area (Å²) in [6.45, 7) is 4.25. The summed E-state index contributed by atoms with van der Waals surface area (Å²) in [7, 11) is 0. The molecule has 1 amide bonds. The van der Waals surface area contributed by atoms with Gasteiger partial charge < -0.3 is 14.4 Å². The van der Waals surface area contributed by atoms with Gasteiger partial charge >= 0.3 is 0 Å². The van der Waals surface area contributed by atoms with E-state index < -0.39 is 0 Å². The zero-order valence-corrected chi connectivity index (χ0v) is 20.0. The van der Waals surface area contributed by atoms with E-state index in [1.54, 1.807) is 18.2 Å². The van der Waals surface area contributed by atoms with E-state index >= 15 is 0 Å². The Balaban J connectivity index is 1.03. The first-order valence-electron chi connectivity index (χ1n) is 11.7. The fourth-order valence-electron chi connectivity index (χ4n) is 4.65. The number of imidazole rings is 1. The Kier molecular flexibility index (Phi) is 5.87. The Labute approximate surface area is 206 Å². The molecule has 2 aliphatic rings. The van der Waals surface area contributed by atoms with Gasteiger partial charge in [0.1, 0.15) is 5.82 Å². The quantitative estimate of drug-likeness (QED) is 0.404. The lowest BCUT2D eigenvalue weighted by Gasteiger charge is -2.34. The highest BCUT2D eigenvalue weighted by Gasteiger charge is 2.22. The second-order valence-electron chi connectivity index (χ2n) is 8.83. The number of ether oxygens (including phenoxy) is 2. The molecule has 0 N–H and O–H groups in total. The van der Waals surface area contributed by atoms with Crippen molar-refractivity contribution >= 4 is 22.2 Å². The topological polar surface area (TPSA) is 59.3 Å². The van der Waals surface area contributed by atoms with E-state index in [2.05, 4.69) is 16.0 Å². The van der Waals surface area contributed by atoms with Crippen LogP contribution in [-0.4, -0.2) is 58.1 Å². The van der Waals surface area contributed by atoms with Crippen molar-refractivity contribution in [3.8, 4) is 22.8 Å². The number of piperazine rings is 1. The number of aromatic nitrogens is 2. The van der Waals surface area contributed by atoms with Crippen molar-refractivity contribution in [1.29, 1.82) is 0 Å². The average Bonchev–Trinajstić information content (AvgIpc) is 3.59. The minimum absolute atomic E-state index is 0.168. The van der Waals surface area contributed by atoms with Crippen LogP contribution >= 0.6 is 11.3 Å². The van der Waals surface area contributed by atoms with Crippen LogP contribution in [0, 0.1) is 5.82 Å². The number of hydrogen-bond acceptors (Lipinski definition) is 6. The van der Waals surface area contributed by atoms with E-state index in [1.807, 2.05) is 33.0 Å². The third-order valence-electron chi connectivity index (χ3n) is 6.60. The van der Waals surface area contributed by atoms with Crippen LogP contribution in [0.5, 0.6) is 11.5 Å². The minimum atomic E-state index is -0.285. The van der Waals surface area contributed by atoms with Gasteiger partial charge in [-0.2, -0.15) is 0 Å². The van der Waals surface area contributed by atoms with Gasteiger partial charge in [0.25, 0.3) is 0 Å². The van der Waals surface area contributed by atoms with Crippen molar-refractivity contribution in [2.75, 3.05) is 33.0 Å². The van der Waals surface area contributed by atoms with Gasteiger partial charge in [-0.05, 0) is 36.2 Å². The molecular weight excluding hydrogens is 467 g/mol. The molecule has 0 atom stereocenters. The van der Waals surface area contributed by atoms with Crippen LogP contribution in [0.2, 0.25) is 0 Å². The summed E-state index contributed by atoms with van der Waals surface area (Å²) in [5.41, 5.74) is 3.31. The summed E-state index contributed by atoms with van der Waals surface area (Å²) in [5.74, 6) is 1.48. The molecule has 35 heavy (non-hydrogen) atoms. The van der Waals surface area contributed by atoms with Crippen molar-refractivity contribution < 1.29 is 18.7 Å². The molecule has 0 bridgehead atoms. The minimum Gasteiger partial charge on any atom is -0.454 e. The van der Waals surface area contributed by atoms with E-state index in [9.17, 15) is 9.18 Å². The van der Waals surface area contributed by atoms with E-state index in [-0.39, 0.29) is 18.5 Å². The Morgan fingerprint density at radius 2 is 1.89 bits per heavy atom. The van der Waals surface area contributed by atoms with Crippen molar-refractivity contribution in [3.05, 3.63) is 71.1 Å². The molecule has 6 rings (SSSR count). The lowest BCUT2D eigenvalue weighted by molar-refractivity contribution is -0.133. The maximum Gasteiger partial charge on any atom is 0.231 e. The average molecular weight is 493 g/mol. The van der Waals surface area contributed by atoms with Gasteiger partial charge in [0, 0.05) is 62.0 Å². The highest BCUT2D eigenvalue weighted by Crippen LogP contribution is 2.33. The second-order valence-corrected chi connectivity index (χ2v) is 9.67. The summed E-state index contributed by atoms with van der Waals surface area (Å²) < 4.78 is 27.0. The Morgan fingerprint density at radius 1 is 1.06 bits per heavy atom. The predicted octanol–water partition coefficient (Wildman–Crippen LogP) is 4.21. The number of nitrogens with zero attached hydrogens (tertiary/aromatic N) is 4. The number of thiazole rings is 1. The number of carbonyl (C=O) groups is 1. The Hall–Kier alpha value is -3.43. The van der Waals surface area contributed by atoms with E-state index in [1.165, 1.54) is 23.0 Å². The van der Waals surface area contributed by atoms with Crippen LogP contribution < -0.4 is 9.47 Å². The summed E-state index contributed by atoms with van der Waals surface area (Å²) in [5, 5.41) is 2.03. The van der Waals surface area contributed by atoms with Gasteiger partial charge in [0.15, 0.2) is 16.5 Å². The SMILES string of the molecule is O=C(CCc1csc2nc(-c3ccccc3F)cn12)N1CCN(Cc2ccc3c(c2)OCO3)CC1. The number of halogens is 1. The molecule has 7 nitrogen and oxygen atoms in total. The van der Waals surface area contributed by atoms with Crippen LogP contribution in [0.1, 0.15) is 17.7 Å². The van der Waals surface area contributed by atoms with Gasteiger partial charge in [-0.1, -0.05) is 18.2 Å². The molecule has 1 saturated heterocycles. The number of amides is 1. The van der Waals surface area contributed by atoms with Gasteiger partial charge in [0.2, 0.25) is 12.7 Å². The van der Waals surface area contributed by atoms with Gasteiger partial charge in [-0.3, -0.25) is 14.1 Å². The number of aryl methyl sites for hydroxylation is 1. The van der Waals surface area contributed by atoms with Gasteiger partial charge in [-0.25, -0.2) is 9.37 Å². The summed E-state index contributed by atoms with van der Waals surface area (Å²) in [6.07, 6.45) is 2.93. The Morgan fingerprint density at radius 3 is 2.74 bits per heavy atom. The highest BCUT2D eigenvalue weighted by atomic mass is 32.1. The normalized spacial score (nSPS) is 15.7. The Bertz CT molecular complexity index is 1380. The van der Waals surface area contributed by atoms with Crippen LogP contribution in [0.4, 0.5) is 4.39 Å². The van der Waals surface area contributed by atoms with E-state index in [4.69, 9.17) is 9.47 Å². The summed E-state index contributed by atoms with van der Waals surface area (Å²) in [4.78, 5) is 22.6. The summed E-state index contributed by atoms with van der Waals surface area (Å²) in [6, 6.07) is 12.7. The molecular formula is C26H25FN4O3S. The molecule has 0 saturated carbocycles. The van der Waals surface area contributed by atoms with Crippen LogP contribution in [0.15, 0.2) is 54.0 Å². The third kappa shape index (κ3) is 4.49. The van der Waals surface area contributed by atoms with Crippen molar-refractivity contribution in [2.24, 2.45) is 0 Å². The molecule has 4 heterocycles. The largest absolute Gasteiger partial charge is 0.454 e. The number of carbonyl (C=O) groups excluding carboxylic acids is 1. The zero-order chi connectivity index (χ0) is 23.8. The molecule has 0 spiro atoms. The van der Waals surface area contributed by atoms with Crippen LogP contribution in [0.3, 0.4) is 0 Å². The first-order chi connectivity index (χ1) is 17.1. The van der Waals surface area contributed by atoms with Crippen LogP contribution in [-0.2, 0) is 17.8 Å². The molecule has 0 radical (unpaired) electrons. The van der Waals surface area contributed by atoms with Gasteiger partial charge in [0.05, 0.1) is 5.69 Å². The molecule has 2 aromatic carbocycles. The van der Waals surface area contributed by atoms with Crippen molar-refractivity contribution in [1.82, 2.24) is 19.2 Å². The smallest absolute Gasteiger partial charge is 0.231 e. The molecule has 1 fully saturated rings. The second kappa shape index (κ2) is 9.31. The summed E-state index contributed by atoms with van der Waals surface area (Å²) >= 11 is 1.51. The van der Waals surface area contributed by atoms with Gasteiger partial charge in [-0.15, -0.1) is 11.3 Å². The highest BCUT2D eigenvalue weighted by molar-refractivity contribution is 7.15. The fourth-order valence-corrected chi connectivity index (χ4v) is 5.56. The zero-order valence-electron chi connectivity index (χ0n) is 19.2. The monoisotopic (exact) mass is 492 g/mol. The lowest BCUT2D eigenvalue weighted by atomic mass is 10.1. The number of hydrogen-bond donors (Lipinski definition) is 0. The predicted molar refractivity (Wildman–Crippen MR) is 131 cm³/mol. The number of fused-ring (bicyclic) bond motifs is 2. The van der Waals surface area contributed by atoms with Crippen LogP contribution in [0.25, 0.3) is 16.2 Å². The number of rotatable bonds is 6. The first kappa shape index (κ1) is 22.1. The van der Waals surface area contributed by atoms with Crippen molar-refractivity contribution in [3.63, 3.8) is 0 Å². The van der Waals surface area contributed by atoms with E-state index in [0.29, 0.717) is 24.1 Å². The molecule has 4 aromatic rings. The molecule has 2 aromatic heterocycles. The third-order valence-corrected chi connectivity index (χ3v) is 7.49. The van der Waals surface area contributed by atoms with E-state index in [0.717, 1.165) is 54.9 Å². The molecule has 2 aliphatic heterocycles. The molecule has 180 valence electrons.